The average molecular weight is 1340 g/mol. The lowest BCUT2D eigenvalue weighted by Crippen LogP contribution is -2.66. The molecule has 0 aromatic heterocycles. The van der Waals surface area contributed by atoms with E-state index in [1.54, 1.807) is 6.08 Å². The van der Waals surface area contributed by atoms with Crippen molar-refractivity contribution >= 4 is 5.91 Å². The molecule has 19 nitrogen and oxygen atoms in total. The number of aliphatic hydroxyl groups is 11. The van der Waals surface area contributed by atoms with Gasteiger partial charge < -0.3 is 89.9 Å². The summed E-state index contributed by atoms with van der Waals surface area (Å²) in [6.45, 7) is 1.74. The van der Waals surface area contributed by atoms with Gasteiger partial charge in [0, 0.05) is 6.42 Å². The highest BCUT2D eigenvalue weighted by Crippen LogP contribution is 2.33. The van der Waals surface area contributed by atoms with Gasteiger partial charge in [-0.25, -0.2) is 0 Å². The summed E-state index contributed by atoms with van der Waals surface area (Å²) < 4.78 is 34.4. The molecule has 17 atom stereocenters. The molecule has 17 unspecified atom stereocenters. The third-order valence-corrected chi connectivity index (χ3v) is 19.2. The molecule has 3 heterocycles. The van der Waals surface area contributed by atoms with Gasteiger partial charge in [-0.15, -0.1) is 0 Å². The van der Waals surface area contributed by atoms with Gasteiger partial charge in [-0.1, -0.05) is 275 Å². The Balaban J connectivity index is 1.38. The van der Waals surface area contributed by atoms with Crippen LogP contribution in [-0.2, 0) is 33.2 Å². The molecule has 0 spiro atoms. The first-order chi connectivity index (χ1) is 45.8. The Morgan fingerprint density at radius 1 is 0.372 bits per heavy atom. The highest BCUT2D eigenvalue weighted by Gasteiger charge is 2.53. The maximum Gasteiger partial charge on any atom is 0.220 e. The molecule has 19 heteroatoms. The van der Waals surface area contributed by atoms with Gasteiger partial charge in [0.25, 0.3) is 0 Å². The summed E-state index contributed by atoms with van der Waals surface area (Å²) in [4.78, 5) is 13.4. The number of allylic oxidation sites excluding steroid dienone is 5. The zero-order valence-corrected chi connectivity index (χ0v) is 58.7. The number of unbranched alkanes of at least 4 members (excludes halogenated alkanes) is 40. The van der Waals surface area contributed by atoms with E-state index < -0.39 is 124 Å². The van der Waals surface area contributed by atoms with Gasteiger partial charge in [-0.05, 0) is 57.8 Å². The lowest BCUT2D eigenvalue weighted by Gasteiger charge is -2.48. The monoisotopic (exact) mass is 1340 g/mol. The van der Waals surface area contributed by atoms with E-state index >= 15 is 0 Å². The summed E-state index contributed by atoms with van der Waals surface area (Å²) in [5, 5.41) is 121. The molecule has 0 aliphatic carbocycles. The molecule has 0 radical (unpaired) electrons. The molecule has 0 saturated carbocycles. The maximum absolute atomic E-state index is 13.4. The van der Waals surface area contributed by atoms with E-state index in [1.807, 2.05) is 6.08 Å². The Morgan fingerprint density at radius 2 is 0.681 bits per heavy atom. The van der Waals surface area contributed by atoms with Crippen molar-refractivity contribution in [3.8, 4) is 0 Å². The van der Waals surface area contributed by atoms with Gasteiger partial charge in [0.15, 0.2) is 18.9 Å². The number of carbonyl (C=O) groups excluding carboxylic acids is 1. The third-order valence-electron chi connectivity index (χ3n) is 19.2. The topological polar surface area (TPSA) is 307 Å². The van der Waals surface area contributed by atoms with Gasteiger partial charge in [0.05, 0.1) is 38.6 Å². The Hall–Kier alpha value is -1.99. The molecule has 3 fully saturated rings. The molecule has 0 aromatic rings. The second-order valence-corrected chi connectivity index (χ2v) is 27.5. The molecular weight excluding hydrogens is 1200 g/mol. The zero-order chi connectivity index (χ0) is 68.2. The van der Waals surface area contributed by atoms with Gasteiger partial charge in [0.1, 0.15) is 73.2 Å². The quantitative estimate of drug-likeness (QED) is 0.0199. The van der Waals surface area contributed by atoms with Crippen molar-refractivity contribution in [2.45, 2.75) is 407 Å². The second-order valence-electron chi connectivity index (χ2n) is 27.5. The summed E-state index contributed by atoms with van der Waals surface area (Å²) in [5.74, 6) is -0.291. The van der Waals surface area contributed by atoms with Gasteiger partial charge >= 0.3 is 0 Å². The van der Waals surface area contributed by atoms with Crippen LogP contribution in [0.5, 0.6) is 0 Å². The zero-order valence-electron chi connectivity index (χ0n) is 58.7. The predicted octanol–water partition coefficient (Wildman–Crippen LogP) is 11.6. The number of hydrogen-bond donors (Lipinski definition) is 12. The molecule has 552 valence electrons. The van der Waals surface area contributed by atoms with Crippen molar-refractivity contribution in [1.82, 2.24) is 5.32 Å². The van der Waals surface area contributed by atoms with Crippen LogP contribution in [0.2, 0.25) is 0 Å². The van der Waals surface area contributed by atoms with Crippen molar-refractivity contribution in [2.75, 3.05) is 26.4 Å². The van der Waals surface area contributed by atoms with Crippen LogP contribution in [0.4, 0.5) is 0 Å². The molecular formula is C75H139NO18. The molecule has 0 bridgehead atoms. The standard InChI is InChI=1S/C75H139NO18/c1-3-5-7-9-11-13-15-17-19-21-22-23-24-25-26-27-28-29-30-31-32-33-34-35-36-37-38-40-42-44-46-48-50-52-59(80)58(76-63(81)53-51-49-47-45-43-41-39-20-18-16-14-12-10-8-6-4-2)57-89-73-69(87)66(84)71(61(55-78)91-73)94-75-70(88)67(85)72(62(56-79)92-75)93-74-68(86)65(83)64(82)60(54-77)90-74/h20,39,42,44,50,52,58-62,64-75,77-80,82-88H,3-19,21-38,40-41,43,45-49,51,53-57H2,1-2H3,(H,76,81)/b39-20-,44-42+,52-50+. The highest BCUT2D eigenvalue weighted by atomic mass is 16.8. The van der Waals surface area contributed by atoms with Crippen molar-refractivity contribution in [1.29, 1.82) is 0 Å². The third kappa shape index (κ3) is 37.4. The number of carbonyl (C=O) groups is 1. The van der Waals surface area contributed by atoms with Crippen LogP contribution in [0.15, 0.2) is 36.5 Å². The number of aliphatic hydroxyl groups excluding tert-OH is 11. The van der Waals surface area contributed by atoms with E-state index in [0.29, 0.717) is 12.8 Å². The molecule has 0 aromatic carbocycles. The van der Waals surface area contributed by atoms with Crippen molar-refractivity contribution in [3.63, 3.8) is 0 Å². The van der Waals surface area contributed by atoms with E-state index in [2.05, 4.69) is 43.5 Å². The Labute approximate surface area is 568 Å². The molecule has 3 saturated heterocycles. The normalized spacial score (nSPS) is 27.5. The van der Waals surface area contributed by atoms with Crippen LogP contribution in [0, 0.1) is 0 Å². The summed E-state index contributed by atoms with van der Waals surface area (Å²) in [7, 11) is 0. The molecule has 1 amide bonds. The summed E-state index contributed by atoms with van der Waals surface area (Å²) >= 11 is 0. The van der Waals surface area contributed by atoms with Crippen LogP contribution < -0.4 is 5.32 Å². The lowest BCUT2D eigenvalue weighted by molar-refractivity contribution is -0.379. The van der Waals surface area contributed by atoms with E-state index in [4.69, 9.17) is 28.4 Å². The minimum Gasteiger partial charge on any atom is -0.394 e. The highest BCUT2D eigenvalue weighted by molar-refractivity contribution is 5.76. The SMILES string of the molecule is CCCCCCCCC/C=C\CCCCCCCC(=O)NC(COC1OC(CO)C(OC2OC(CO)C(OC3OC(CO)C(O)C(O)C3O)C(O)C2O)C(O)C1O)C(O)/C=C/CC/C=C/CCCCCCCCCCCCCCCCCCCCCCCCCCCCC. The smallest absolute Gasteiger partial charge is 0.220 e. The fourth-order valence-corrected chi connectivity index (χ4v) is 13.0. The maximum atomic E-state index is 13.4. The van der Waals surface area contributed by atoms with Crippen LogP contribution in [0.3, 0.4) is 0 Å². The summed E-state index contributed by atoms with van der Waals surface area (Å²) in [6.07, 6.45) is 41.5. The lowest BCUT2D eigenvalue weighted by atomic mass is 9.96. The van der Waals surface area contributed by atoms with Gasteiger partial charge in [-0.3, -0.25) is 4.79 Å². The van der Waals surface area contributed by atoms with Gasteiger partial charge in [0.2, 0.25) is 5.91 Å². The first-order valence-corrected chi connectivity index (χ1v) is 38.2. The molecule has 3 aliphatic rings. The number of amides is 1. The Bertz CT molecular complexity index is 1840. The van der Waals surface area contributed by atoms with Crippen LogP contribution in [-0.4, -0.2) is 193 Å². The molecule has 3 aliphatic heterocycles. The first kappa shape index (κ1) is 86.2. The second kappa shape index (κ2) is 56.7. The predicted molar refractivity (Wildman–Crippen MR) is 369 cm³/mol. The molecule has 3 rings (SSSR count). The molecule has 12 N–H and O–H groups in total. The van der Waals surface area contributed by atoms with E-state index in [9.17, 15) is 61.0 Å². The summed E-state index contributed by atoms with van der Waals surface area (Å²) in [5.41, 5.74) is 0. The number of hydrogen-bond acceptors (Lipinski definition) is 18. The first-order valence-electron chi connectivity index (χ1n) is 38.2. The van der Waals surface area contributed by atoms with E-state index in [0.717, 1.165) is 57.8 Å². The fourth-order valence-electron chi connectivity index (χ4n) is 13.0. The van der Waals surface area contributed by atoms with Gasteiger partial charge in [-0.2, -0.15) is 0 Å². The Kier molecular flexibility index (Phi) is 52.0. The van der Waals surface area contributed by atoms with Crippen molar-refractivity contribution < 1.29 is 89.4 Å². The van der Waals surface area contributed by atoms with Crippen LogP contribution in [0.25, 0.3) is 0 Å². The van der Waals surface area contributed by atoms with Crippen molar-refractivity contribution in [2.24, 2.45) is 0 Å². The fraction of sp³-hybridized carbons (Fsp3) is 0.907. The van der Waals surface area contributed by atoms with E-state index in [1.165, 1.54) is 212 Å². The number of ether oxygens (including phenoxy) is 6. The van der Waals surface area contributed by atoms with Crippen LogP contribution in [0.1, 0.15) is 303 Å². The van der Waals surface area contributed by atoms with Crippen LogP contribution >= 0.6 is 0 Å². The Morgan fingerprint density at radius 3 is 1.06 bits per heavy atom. The minimum absolute atomic E-state index is 0.226. The molecule has 94 heavy (non-hydrogen) atoms. The van der Waals surface area contributed by atoms with Crippen molar-refractivity contribution in [3.05, 3.63) is 36.5 Å². The number of rotatable bonds is 60. The largest absolute Gasteiger partial charge is 0.394 e. The summed E-state index contributed by atoms with van der Waals surface area (Å²) in [6, 6.07) is -0.995. The van der Waals surface area contributed by atoms with E-state index in [-0.39, 0.29) is 18.9 Å². The average Bonchev–Trinajstić information content (AvgIpc) is 0.787. The number of nitrogens with one attached hydrogen (secondary N) is 1. The minimum atomic E-state index is -1.98.